The number of rotatable bonds is 29. The summed E-state index contributed by atoms with van der Waals surface area (Å²) in [6, 6.07) is 0. The van der Waals surface area contributed by atoms with Crippen molar-refractivity contribution in [2.75, 3.05) is 7.11 Å². The molecule has 0 aromatic rings. The van der Waals surface area contributed by atoms with Crippen molar-refractivity contribution >= 4 is 11.9 Å². The number of unbranched alkanes of at least 4 members (excludes halogenated alkanes) is 23. The molecule has 1 N–H and O–H groups in total. The predicted octanol–water partition coefficient (Wildman–Crippen LogP) is 12.1. The van der Waals surface area contributed by atoms with Gasteiger partial charge < -0.3 is 9.84 Å². The zero-order valence-electron chi connectivity index (χ0n) is 27.5. The monoisotopic (exact) mass is 577 g/mol. The highest BCUT2D eigenvalue weighted by Gasteiger charge is 1.99. The minimum absolute atomic E-state index is 0.0651. The Morgan fingerprint density at radius 1 is 0.512 bits per heavy atom. The first-order chi connectivity index (χ1) is 20.1. The molecule has 0 unspecified atom stereocenters. The van der Waals surface area contributed by atoms with E-state index in [-0.39, 0.29) is 5.97 Å². The maximum Gasteiger partial charge on any atom is 0.328 e. The van der Waals surface area contributed by atoms with Crippen molar-refractivity contribution in [2.24, 2.45) is 0 Å². The highest BCUT2D eigenvalue weighted by Crippen LogP contribution is 2.14. The summed E-state index contributed by atoms with van der Waals surface area (Å²) in [7, 11) is 1.47. The number of esters is 1. The van der Waals surface area contributed by atoms with Crippen LogP contribution in [0.4, 0.5) is 0 Å². The van der Waals surface area contributed by atoms with Crippen LogP contribution in [0, 0.1) is 0 Å². The molecule has 0 radical (unpaired) electrons. The van der Waals surface area contributed by atoms with Crippen LogP contribution in [-0.2, 0) is 14.3 Å². The topological polar surface area (TPSA) is 63.6 Å². The molecule has 0 aromatic heterocycles. The van der Waals surface area contributed by atoms with Gasteiger partial charge in [-0.15, -0.1) is 0 Å². The highest BCUT2D eigenvalue weighted by molar-refractivity contribution is 5.80. The first-order valence-electron chi connectivity index (χ1n) is 17.4. The van der Waals surface area contributed by atoms with Gasteiger partial charge in [0.2, 0.25) is 0 Å². The molecule has 0 fully saturated rings. The number of hydrogen-bond acceptors (Lipinski definition) is 3. The third-order valence-electron chi connectivity index (χ3n) is 7.39. The summed E-state index contributed by atoms with van der Waals surface area (Å²) in [5.41, 5.74) is 0. The number of carbonyl (C=O) groups is 2. The van der Waals surface area contributed by atoms with Crippen LogP contribution >= 0.6 is 0 Å². The maximum absolute atomic E-state index is 10.9. The van der Waals surface area contributed by atoms with Gasteiger partial charge in [0.05, 0.1) is 7.11 Å². The van der Waals surface area contributed by atoms with E-state index < -0.39 is 5.97 Å². The van der Waals surface area contributed by atoms with Crippen LogP contribution in [-0.4, -0.2) is 24.2 Å². The van der Waals surface area contributed by atoms with Crippen LogP contribution in [0.5, 0.6) is 0 Å². The fraction of sp³-hybridized carbons (Fsp3) is 0.784. The van der Waals surface area contributed by atoms with Gasteiger partial charge in [0.25, 0.3) is 0 Å². The van der Waals surface area contributed by atoms with Gasteiger partial charge in [0.1, 0.15) is 0 Å². The summed E-state index contributed by atoms with van der Waals surface area (Å²) < 4.78 is 4.63. The molecule has 0 rings (SSSR count). The van der Waals surface area contributed by atoms with E-state index in [0.717, 1.165) is 18.9 Å². The lowest BCUT2D eigenvalue weighted by molar-refractivity contribution is -0.140. The van der Waals surface area contributed by atoms with Crippen LogP contribution in [0.25, 0.3) is 0 Å². The van der Waals surface area contributed by atoms with Crippen molar-refractivity contribution in [1.29, 1.82) is 0 Å². The largest absolute Gasteiger partial charge is 0.478 e. The Morgan fingerprint density at radius 2 is 0.878 bits per heavy atom. The molecule has 4 heteroatoms. The first kappa shape index (κ1) is 41.3. The number of carbonyl (C=O) groups excluding carboxylic acids is 1. The van der Waals surface area contributed by atoms with Crippen LogP contribution in [0.15, 0.2) is 36.5 Å². The van der Waals surface area contributed by atoms with Crippen LogP contribution in [0.1, 0.15) is 181 Å². The van der Waals surface area contributed by atoms with E-state index in [2.05, 4.69) is 24.7 Å². The maximum atomic E-state index is 10.9. The third-order valence-corrected chi connectivity index (χ3v) is 7.39. The molecule has 0 amide bonds. The van der Waals surface area contributed by atoms with Gasteiger partial charge in [-0.2, -0.15) is 0 Å². The van der Waals surface area contributed by atoms with E-state index >= 15 is 0 Å². The summed E-state index contributed by atoms with van der Waals surface area (Å²) in [6.45, 7) is 4.53. The molecule has 0 aliphatic carbocycles. The van der Waals surface area contributed by atoms with Gasteiger partial charge in [-0.1, -0.05) is 185 Å². The number of ether oxygens (including phenoxy) is 1. The van der Waals surface area contributed by atoms with Crippen molar-refractivity contribution < 1.29 is 19.4 Å². The summed E-state index contributed by atoms with van der Waals surface area (Å²) in [4.78, 5) is 21.1. The molecule has 0 aromatic carbocycles. The summed E-state index contributed by atoms with van der Waals surface area (Å²) in [6.07, 6.45) is 44.7. The Balaban J connectivity index is 0. The average molecular weight is 577 g/mol. The molecule has 0 atom stereocenters. The van der Waals surface area contributed by atoms with Gasteiger partial charge in [-0.3, -0.25) is 4.79 Å². The second-order valence-electron chi connectivity index (χ2n) is 11.4. The zero-order chi connectivity index (χ0) is 30.5. The molecular weight excluding hydrogens is 508 g/mol. The van der Waals surface area contributed by atoms with Gasteiger partial charge in [-0.05, 0) is 19.3 Å². The van der Waals surface area contributed by atoms with Gasteiger partial charge in [0.15, 0.2) is 0 Å². The quantitative estimate of drug-likeness (QED) is 0.0416. The minimum atomic E-state index is -0.909. The van der Waals surface area contributed by atoms with Gasteiger partial charge in [-0.25, -0.2) is 4.79 Å². The molecule has 0 aliphatic rings. The smallest absolute Gasteiger partial charge is 0.328 e. The van der Waals surface area contributed by atoms with E-state index in [9.17, 15) is 9.59 Å². The summed E-state index contributed by atoms with van der Waals surface area (Å²) >= 11 is 0. The molecule has 0 saturated heterocycles. The predicted molar refractivity (Wildman–Crippen MR) is 178 cm³/mol. The molecule has 0 heterocycles. The Bertz CT molecular complexity index is 620. The van der Waals surface area contributed by atoms with Gasteiger partial charge >= 0.3 is 11.9 Å². The third kappa shape index (κ3) is 42.8. The van der Waals surface area contributed by atoms with Crippen molar-refractivity contribution in [3.05, 3.63) is 36.5 Å². The standard InChI is InChI=1S/C19H38O2.C18H30O2/c1-3-4-5-6-7-8-9-10-11-12-13-14-15-16-17-18-19(20)21-2;1-2-3-4-5-6-7-8-9-10-11-12-13-14-15-16-17-18(19)20/h3-18H2,1-2H3;12-17H,2-11H2,1H3,(H,19,20). The fourth-order valence-electron chi connectivity index (χ4n) is 4.76. The molecule has 0 saturated carbocycles. The second-order valence-corrected chi connectivity index (χ2v) is 11.4. The number of allylic oxidation sites excluding steroid dienone is 5. The molecule has 4 nitrogen and oxygen atoms in total. The molecule has 0 aliphatic heterocycles. The number of hydrogen-bond donors (Lipinski definition) is 1. The first-order valence-corrected chi connectivity index (χ1v) is 17.4. The zero-order valence-corrected chi connectivity index (χ0v) is 27.5. The van der Waals surface area contributed by atoms with E-state index in [1.807, 2.05) is 12.2 Å². The molecule has 41 heavy (non-hydrogen) atoms. The number of carboxylic acids is 1. The number of methoxy groups -OCH3 is 1. The second kappa shape index (κ2) is 38.2. The van der Waals surface area contributed by atoms with Crippen LogP contribution < -0.4 is 0 Å². The Morgan fingerprint density at radius 3 is 1.27 bits per heavy atom. The fourth-order valence-corrected chi connectivity index (χ4v) is 4.76. The Labute approximate surface area is 255 Å². The lowest BCUT2D eigenvalue weighted by Crippen LogP contribution is -1.99. The van der Waals surface area contributed by atoms with E-state index in [0.29, 0.717) is 6.42 Å². The lowest BCUT2D eigenvalue weighted by atomic mass is 10.0. The highest BCUT2D eigenvalue weighted by atomic mass is 16.5. The van der Waals surface area contributed by atoms with Crippen molar-refractivity contribution in [1.82, 2.24) is 0 Å². The van der Waals surface area contributed by atoms with Crippen LogP contribution in [0.3, 0.4) is 0 Å². The summed E-state index contributed by atoms with van der Waals surface area (Å²) in [5, 5.41) is 8.38. The van der Waals surface area contributed by atoms with Crippen molar-refractivity contribution in [2.45, 2.75) is 181 Å². The molecule has 240 valence electrons. The average Bonchev–Trinajstić information content (AvgIpc) is 2.97. The molecule has 0 spiro atoms. The van der Waals surface area contributed by atoms with Gasteiger partial charge in [0, 0.05) is 12.5 Å². The van der Waals surface area contributed by atoms with E-state index in [4.69, 9.17) is 5.11 Å². The van der Waals surface area contributed by atoms with E-state index in [1.54, 1.807) is 6.08 Å². The van der Waals surface area contributed by atoms with Crippen molar-refractivity contribution in [3.63, 3.8) is 0 Å². The Hall–Kier alpha value is -1.84. The summed E-state index contributed by atoms with van der Waals surface area (Å²) in [5.74, 6) is -0.974. The van der Waals surface area contributed by atoms with Crippen LogP contribution in [0.2, 0.25) is 0 Å². The SMILES string of the molecule is CCCCCCCCCCCC=CC=CC=CC(=O)O.CCCCCCCCCCCCCCCCCC(=O)OC. The number of carboxylic acid groups (broad SMARTS) is 1. The normalized spacial score (nSPS) is 11.4. The lowest BCUT2D eigenvalue weighted by Gasteiger charge is -2.03. The molecule has 0 bridgehead atoms. The molecular formula is C37H68O4. The van der Waals surface area contributed by atoms with E-state index in [1.165, 1.54) is 161 Å². The minimum Gasteiger partial charge on any atom is -0.478 e. The Kier molecular flexibility index (Phi) is 38.4. The van der Waals surface area contributed by atoms with Crippen molar-refractivity contribution in [3.8, 4) is 0 Å². The number of aliphatic carboxylic acids is 1.